The standard InChI is InChI=1S/C24H26ClF3N8O2/c1-23(2,3)38-22(37)36-12-5-4-9-18(36)32-21-34-19(15-7-6-8-17(25)31-15)33-20(35-21)30-14-10-11-29-16(13-14)24(26,27)28/h6-8,10-11,13,18H,4-5,9,12H2,1-3H3,(H2,29,30,32,33,34,35). The summed E-state index contributed by atoms with van der Waals surface area (Å²) >= 11 is 6.04. The quantitative estimate of drug-likeness (QED) is 0.374. The van der Waals surface area contributed by atoms with Gasteiger partial charge >= 0.3 is 12.3 Å². The fraction of sp³-hybridized carbons (Fsp3) is 0.417. The summed E-state index contributed by atoms with van der Waals surface area (Å²) in [5.74, 6) is 0.167. The van der Waals surface area contributed by atoms with E-state index in [4.69, 9.17) is 16.3 Å². The minimum atomic E-state index is -4.62. The molecule has 4 heterocycles. The predicted octanol–water partition coefficient (Wildman–Crippen LogP) is 5.90. The molecule has 4 rings (SSSR count). The Morgan fingerprint density at radius 2 is 1.84 bits per heavy atom. The molecule has 3 aromatic heterocycles. The summed E-state index contributed by atoms with van der Waals surface area (Å²) in [4.78, 5) is 35.1. The van der Waals surface area contributed by atoms with Crippen molar-refractivity contribution in [3.8, 4) is 11.5 Å². The highest BCUT2D eigenvalue weighted by atomic mass is 35.5. The molecule has 1 aliphatic heterocycles. The molecule has 38 heavy (non-hydrogen) atoms. The lowest BCUT2D eigenvalue weighted by Crippen LogP contribution is -2.49. The van der Waals surface area contributed by atoms with Crippen LogP contribution in [0, 0.1) is 0 Å². The number of nitrogens with one attached hydrogen (secondary N) is 2. The Bertz CT molecular complexity index is 1300. The summed E-state index contributed by atoms with van der Waals surface area (Å²) < 4.78 is 45.0. The van der Waals surface area contributed by atoms with Gasteiger partial charge in [-0.25, -0.2) is 9.78 Å². The van der Waals surface area contributed by atoms with Crippen LogP contribution in [0.3, 0.4) is 0 Å². The van der Waals surface area contributed by atoms with Crippen LogP contribution in [0.1, 0.15) is 45.7 Å². The van der Waals surface area contributed by atoms with Gasteiger partial charge in [-0.05, 0) is 64.3 Å². The maximum absolute atomic E-state index is 13.2. The van der Waals surface area contributed by atoms with E-state index in [0.717, 1.165) is 25.1 Å². The highest BCUT2D eigenvalue weighted by molar-refractivity contribution is 6.29. The number of carbonyl (C=O) groups excluding carboxylic acids is 1. The van der Waals surface area contributed by atoms with E-state index in [9.17, 15) is 18.0 Å². The molecule has 1 fully saturated rings. The van der Waals surface area contributed by atoms with E-state index in [0.29, 0.717) is 18.7 Å². The summed E-state index contributed by atoms with van der Waals surface area (Å²) in [6, 6.07) is 7.09. The zero-order valence-corrected chi connectivity index (χ0v) is 21.6. The molecule has 1 amide bonds. The monoisotopic (exact) mass is 550 g/mol. The van der Waals surface area contributed by atoms with Crippen LogP contribution in [0.2, 0.25) is 5.15 Å². The number of rotatable bonds is 5. The van der Waals surface area contributed by atoms with Crippen LogP contribution in [0.5, 0.6) is 0 Å². The molecule has 0 saturated carbocycles. The summed E-state index contributed by atoms with van der Waals surface area (Å²) in [5.41, 5.74) is -1.34. The fourth-order valence-electron chi connectivity index (χ4n) is 3.71. The summed E-state index contributed by atoms with van der Waals surface area (Å²) in [7, 11) is 0. The second-order valence-corrected chi connectivity index (χ2v) is 9.92. The first-order valence-electron chi connectivity index (χ1n) is 11.8. The lowest BCUT2D eigenvalue weighted by Gasteiger charge is -2.37. The van der Waals surface area contributed by atoms with Crippen molar-refractivity contribution in [1.82, 2.24) is 29.8 Å². The smallest absolute Gasteiger partial charge is 0.433 e. The Morgan fingerprint density at radius 3 is 2.55 bits per heavy atom. The van der Waals surface area contributed by atoms with Crippen LogP contribution in [-0.2, 0) is 10.9 Å². The molecule has 0 aliphatic carbocycles. The minimum Gasteiger partial charge on any atom is -0.444 e. The van der Waals surface area contributed by atoms with E-state index in [1.807, 2.05) is 0 Å². The van der Waals surface area contributed by atoms with Gasteiger partial charge in [0.05, 0.1) is 0 Å². The maximum atomic E-state index is 13.2. The van der Waals surface area contributed by atoms with E-state index >= 15 is 0 Å². The number of pyridine rings is 2. The van der Waals surface area contributed by atoms with Crippen molar-refractivity contribution in [2.75, 3.05) is 17.2 Å². The summed E-state index contributed by atoms with van der Waals surface area (Å²) in [6.45, 7) is 5.83. The van der Waals surface area contributed by atoms with Crippen LogP contribution in [0.4, 0.5) is 35.5 Å². The lowest BCUT2D eigenvalue weighted by atomic mass is 10.1. The molecule has 1 saturated heterocycles. The van der Waals surface area contributed by atoms with E-state index in [1.54, 1.807) is 43.9 Å². The van der Waals surface area contributed by atoms with Gasteiger partial charge in [-0.1, -0.05) is 17.7 Å². The number of nitrogens with zero attached hydrogens (tertiary/aromatic N) is 6. The zero-order valence-electron chi connectivity index (χ0n) is 20.9. The molecular weight excluding hydrogens is 525 g/mol. The molecule has 1 unspecified atom stereocenters. The maximum Gasteiger partial charge on any atom is 0.433 e. The molecule has 1 aliphatic rings. The Kier molecular flexibility index (Phi) is 7.86. The number of aromatic nitrogens is 5. The first kappa shape index (κ1) is 27.3. The molecule has 10 nitrogen and oxygen atoms in total. The SMILES string of the molecule is CC(C)(C)OC(=O)N1CCCCC1Nc1nc(Nc2ccnc(C(F)(F)F)c2)nc(-c2cccc(Cl)n2)n1. The predicted molar refractivity (Wildman–Crippen MR) is 135 cm³/mol. The fourth-order valence-corrected chi connectivity index (χ4v) is 3.87. The molecular formula is C24H26ClF3N8O2. The summed E-state index contributed by atoms with van der Waals surface area (Å²) in [6.07, 6.45) is -2.27. The van der Waals surface area contributed by atoms with Gasteiger partial charge in [0.1, 0.15) is 28.3 Å². The second kappa shape index (κ2) is 10.9. The van der Waals surface area contributed by atoms with Gasteiger partial charge < -0.3 is 15.4 Å². The molecule has 0 spiro atoms. The average Bonchev–Trinajstić information content (AvgIpc) is 2.83. The van der Waals surface area contributed by atoms with Crippen molar-refractivity contribution in [1.29, 1.82) is 0 Å². The number of hydrogen-bond acceptors (Lipinski definition) is 9. The first-order valence-corrected chi connectivity index (χ1v) is 12.2. The number of likely N-dealkylation sites (tertiary alicyclic amines) is 1. The number of amides is 1. The number of carbonyl (C=O) groups is 1. The molecule has 14 heteroatoms. The van der Waals surface area contributed by atoms with Crippen LogP contribution < -0.4 is 10.6 Å². The van der Waals surface area contributed by atoms with Crippen molar-refractivity contribution in [2.45, 2.75) is 58.0 Å². The number of ether oxygens (including phenoxy) is 1. The lowest BCUT2D eigenvalue weighted by molar-refractivity contribution is -0.141. The van der Waals surface area contributed by atoms with E-state index < -0.39 is 29.7 Å². The topological polar surface area (TPSA) is 118 Å². The molecule has 202 valence electrons. The normalized spacial score (nSPS) is 16.2. The van der Waals surface area contributed by atoms with Crippen LogP contribution in [0.15, 0.2) is 36.5 Å². The largest absolute Gasteiger partial charge is 0.444 e. The second-order valence-electron chi connectivity index (χ2n) is 9.53. The summed E-state index contributed by atoms with van der Waals surface area (Å²) in [5, 5.41) is 6.14. The Morgan fingerprint density at radius 1 is 1.08 bits per heavy atom. The van der Waals surface area contributed by atoms with Crippen molar-refractivity contribution < 1.29 is 22.7 Å². The molecule has 0 radical (unpaired) electrons. The third-order valence-corrected chi connectivity index (χ3v) is 5.52. The van der Waals surface area contributed by atoms with Crippen molar-refractivity contribution in [3.05, 3.63) is 47.4 Å². The first-order chi connectivity index (χ1) is 17.9. The molecule has 0 aromatic carbocycles. The minimum absolute atomic E-state index is 0.0433. The Labute approximate surface area is 222 Å². The van der Waals surface area contributed by atoms with Gasteiger partial charge in [0.25, 0.3) is 0 Å². The van der Waals surface area contributed by atoms with Crippen molar-refractivity contribution in [2.24, 2.45) is 0 Å². The van der Waals surface area contributed by atoms with Gasteiger partial charge in [0.15, 0.2) is 5.82 Å². The Balaban J connectivity index is 1.67. The van der Waals surface area contributed by atoms with Gasteiger partial charge in [0.2, 0.25) is 11.9 Å². The van der Waals surface area contributed by atoms with E-state index in [2.05, 4.69) is 35.6 Å². The molecule has 3 aromatic rings. The van der Waals surface area contributed by atoms with E-state index in [1.165, 1.54) is 6.07 Å². The van der Waals surface area contributed by atoms with Gasteiger partial charge in [0, 0.05) is 18.4 Å². The molecule has 1 atom stereocenters. The average molecular weight is 551 g/mol. The molecule has 0 bridgehead atoms. The number of alkyl halides is 3. The number of anilines is 3. The highest BCUT2D eigenvalue weighted by Gasteiger charge is 2.33. The zero-order chi connectivity index (χ0) is 27.5. The third kappa shape index (κ3) is 7.18. The van der Waals surface area contributed by atoms with Gasteiger partial charge in [-0.15, -0.1) is 0 Å². The highest BCUT2D eigenvalue weighted by Crippen LogP contribution is 2.30. The number of halogens is 4. The van der Waals surface area contributed by atoms with Gasteiger partial charge in [-0.2, -0.15) is 28.1 Å². The van der Waals surface area contributed by atoms with E-state index in [-0.39, 0.29) is 28.6 Å². The van der Waals surface area contributed by atoms with Crippen molar-refractivity contribution >= 4 is 35.3 Å². The Hall–Kier alpha value is -3.74. The number of hydrogen-bond donors (Lipinski definition) is 2. The number of piperidine rings is 1. The molecule has 2 N–H and O–H groups in total. The van der Waals surface area contributed by atoms with Crippen LogP contribution in [0.25, 0.3) is 11.5 Å². The van der Waals surface area contributed by atoms with Gasteiger partial charge in [-0.3, -0.25) is 9.88 Å². The third-order valence-electron chi connectivity index (χ3n) is 5.31. The van der Waals surface area contributed by atoms with Crippen LogP contribution in [-0.4, -0.2) is 54.2 Å². The van der Waals surface area contributed by atoms with Crippen molar-refractivity contribution in [3.63, 3.8) is 0 Å². The van der Waals surface area contributed by atoms with Crippen LogP contribution >= 0.6 is 11.6 Å².